The van der Waals surface area contributed by atoms with E-state index in [1.807, 2.05) is 6.92 Å². The largest absolute Gasteiger partial charge is 0.380 e. The molecule has 17 heavy (non-hydrogen) atoms. The normalized spacial score (nSPS) is 25.5. The lowest BCUT2D eigenvalue weighted by Gasteiger charge is -2.30. The van der Waals surface area contributed by atoms with Gasteiger partial charge in [-0.05, 0) is 32.2 Å². The fourth-order valence-corrected chi connectivity index (χ4v) is 2.53. The van der Waals surface area contributed by atoms with Crippen molar-refractivity contribution in [2.75, 3.05) is 32.8 Å². The number of Topliss-reactive ketones (excluding diaryl/α,β-unsaturated/α-hetero) is 1. The number of hydrogen-bond acceptors (Lipinski definition) is 3. The highest BCUT2D eigenvalue weighted by molar-refractivity contribution is 5.81. The molecule has 3 nitrogen and oxygen atoms in total. The van der Waals surface area contributed by atoms with Gasteiger partial charge in [-0.15, -0.1) is 0 Å². The van der Waals surface area contributed by atoms with Crippen LogP contribution in [0.1, 0.15) is 40.0 Å². The average Bonchev–Trinajstić information content (AvgIpc) is 2.32. The number of carbonyl (C=O) groups excluding carboxylic acids is 1. The van der Waals surface area contributed by atoms with Crippen molar-refractivity contribution in [1.82, 2.24) is 4.90 Å². The molecule has 0 aromatic rings. The van der Waals surface area contributed by atoms with Gasteiger partial charge < -0.3 is 9.64 Å². The summed E-state index contributed by atoms with van der Waals surface area (Å²) in [5.41, 5.74) is 0. The van der Waals surface area contributed by atoms with Crippen LogP contribution in [0, 0.1) is 11.8 Å². The maximum absolute atomic E-state index is 11.9. The van der Waals surface area contributed by atoms with Crippen molar-refractivity contribution in [3.05, 3.63) is 0 Å². The zero-order chi connectivity index (χ0) is 12.7. The third-order valence-electron chi connectivity index (χ3n) is 3.71. The Hall–Kier alpha value is -0.410. The van der Waals surface area contributed by atoms with E-state index in [4.69, 9.17) is 4.74 Å². The smallest absolute Gasteiger partial charge is 0.137 e. The first-order chi connectivity index (χ1) is 8.17. The summed E-state index contributed by atoms with van der Waals surface area (Å²) in [7, 11) is 0. The van der Waals surface area contributed by atoms with Crippen LogP contribution in [0.2, 0.25) is 0 Å². The third kappa shape index (κ3) is 5.17. The molecule has 2 atom stereocenters. The van der Waals surface area contributed by atoms with Gasteiger partial charge in [0.1, 0.15) is 5.78 Å². The van der Waals surface area contributed by atoms with E-state index in [1.165, 1.54) is 0 Å². The second-order valence-corrected chi connectivity index (χ2v) is 5.13. The summed E-state index contributed by atoms with van der Waals surface area (Å²) in [6.45, 7) is 10.9. The van der Waals surface area contributed by atoms with Crippen molar-refractivity contribution in [1.29, 1.82) is 0 Å². The average molecular weight is 241 g/mol. The molecule has 0 N–H and O–H groups in total. The van der Waals surface area contributed by atoms with Crippen LogP contribution in [0.25, 0.3) is 0 Å². The van der Waals surface area contributed by atoms with Gasteiger partial charge in [0.2, 0.25) is 0 Å². The van der Waals surface area contributed by atoms with Crippen molar-refractivity contribution in [2.24, 2.45) is 11.8 Å². The molecule has 0 bridgehead atoms. The number of likely N-dealkylation sites (N-methyl/N-ethyl adjacent to an activating group) is 1. The minimum atomic E-state index is 0.264. The van der Waals surface area contributed by atoms with Crippen molar-refractivity contribution in [2.45, 2.75) is 40.0 Å². The van der Waals surface area contributed by atoms with Gasteiger partial charge in [0.05, 0.1) is 6.61 Å². The van der Waals surface area contributed by atoms with E-state index >= 15 is 0 Å². The van der Waals surface area contributed by atoms with Gasteiger partial charge in [-0.25, -0.2) is 0 Å². The highest BCUT2D eigenvalue weighted by atomic mass is 16.5. The Balaban J connectivity index is 2.35. The summed E-state index contributed by atoms with van der Waals surface area (Å²) < 4.78 is 5.38. The molecule has 0 aromatic carbocycles. The summed E-state index contributed by atoms with van der Waals surface area (Å²) in [5.74, 6) is 1.45. The van der Waals surface area contributed by atoms with Gasteiger partial charge in [-0.3, -0.25) is 4.79 Å². The monoisotopic (exact) mass is 241 g/mol. The van der Waals surface area contributed by atoms with E-state index in [1.54, 1.807) is 0 Å². The van der Waals surface area contributed by atoms with Crippen molar-refractivity contribution in [3.8, 4) is 0 Å². The highest BCUT2D eigenvalue weighted by Crippen LogP contribution is 2.26. The Labute approximate surface area is 106 Å². The number of hydrogen-bond donors (Lipinski definition) is 0. The van der Waals surface area contributed by atoms with Crippen LogP contribution in [0.5, 0.6) is 0 Å². The molecule has 0 amide bonds. The Morgan fingerprint density at radius 1 is 1.41 bits per heavy atom. The molecular formula is C14H27NO2. The second kappa shape index (κ2) is 7.83. The first-order valence-corrected chi connectivity index (χ1v) is 7.00. The van der Waals surface area contributed by atoms with Gasteiger partial charge in [0.15, 0.2) is 0 Å². The third-order valence-corrected chi connectivity index (χ3v) is 3.71. The summed E-state index contributed by atoms with van der Waals surface area (Å²) in [6, 6.07) is 0. The fraction of sp³-hybridized carbons (Fsp3) is 0.929. The van der Waals surface area contributed by atoms with E-state index < -0.39 is 0 Å². The topological polar surface area (TPSA) is 29.5 Å². The number of nitrogens with zero attached hydrogens (tertiary/aromatic N) is 1. The van der Waals surface area contributed by atoms with Crippen LogP contribution in [0.4, 0.5) is 0 Å². The maximum Gasteiger partial charge on any atom is 0.137 e. The number of ether oxygens (including phenoxy) is 1. The fourth-order valence-electron chi connectivity index (χ4n) is 2.53. The molecule has 0 saturated heterocycles. The maximum atomic E-state index is 11.9. The molecule has 1 aliphatic carbocycles. The van der Waals surface area contributed by atoms with E-state index in [9.17, 15) is 4.79 Å². The van der Waals surface area contributed by atoms with Crippen molar-refractivity contribution < 1.29 is 9.53 Å². The minimum absolute atomic E-state index is 0.264. The summed E-state index contributed by atoms with van der Waals surface area (Å²) in [4.78, 5) is 14.2. The molecule has 0 spiro atoms. The SMILES string of the molecule is CCOCCN(CC)CC1CC(C)CCC1=O. The zero-order valence-electron chi connectivity index (χ0n) is 11.6. The molecule has 1 saturated carbocycles. The number of carbonyl (C=O) groups is 1. The van der Waals surface area contributed by atoms with Gasteiger partial charge >= 0.3 is 0 Å². The molecule has 0 aromatic heterocycles. The quantitative estimate of drug-likeness (QED) is 0.641. The lowest BCUT2D eigenvalue weighted by Crippen LogP contribution is -2.37. The van der Waals surface area contributed by atoms with Crippen LogP contribution < -0.4 is 0 Å². The second-order valence-electron chi connectivity index (χ2n) is 5.13. The Morgan fingerprint density at radius 3 is 2.82 bits per heavy atom. The number of ketones is 1. The molecule has 0 aliphatic heterocycles. The van der Waals surface area contributed by atoms with Crippen molar-refractivity contribution in [3.63, 3.8) is 0 Å². The lowest BCUT2D eigenvalue weighted by molar-refractivity contribution is -0.126. The Bertz CT molecular complexity index is 230. The lowest BCUT2D eigenvalue weighted by atomic mass is 9.81. The van der Waals surface area contributed by atoms with Gasteiger partial charge in [-0.2, -0.15) is 0 Å². The predicted molar refractivity (Wildman–Crippen MR) is 70.1 cm³/mol. The molecule has 3 heteroatoms. The summed E-state index contributed by atoms with van der Waals surface area (Å²) >= 11 is 0. The van der Waals surface area contributed by atoms with Crippen molar-refractivity contribution >= 4 is 5.78 Å². The minimum Gasteiger partial charge on any atom is -0.380 e. The highest BCUT2D eigenvalue weighted by Gasteiger charge is 2.27. The molecule has 1 fully saturated rings. The Morgan fingerprint density at radius 2 is 2.18 bits per heavy atom. The molecule has 1 rings (SSSR count). The molecule has 1 aliphatic rings. The molecule has 0 heterocycles. The zero-order valence-corrected chi connectivity index (χ0v) is 11.6. The van der Waals surface area contributed by atoms with Gasteiger partial charge in [0, 0.05) is 32.0 Å². The molecule has 0 radical (unpaired) electrons. The first kappa shape index (κ1) is 14.7. The standard InChI is InChI=1S/C14H27NO2/c1-4-15(8-9-17-5-2)11-13-10-12(3)6-7-14(13)16/h12-13H,4-11H2,1-3H3. The first-order valence-electron chi connectivity index (χ1n) is 7.00. The Kier molecular flexibility index (Phi) is 6.75. The number of rotatable bonds is 7. The summed E-state index contributed by atoms with van der Waals surface area (Å²) in [6.07, 6.45) is 2.94. The van der Waals surface area contributed by atoms with Gasteiger partial charge in [-0.1, -0.05) is 13.8 Å². The predicted octanol–water partition coefficient (Wildman–Crippen LogP) is 2.35. The van der Waals surface area contributed by atoms with E-state index in [0.717, 1.165) is 52.1 Å². The van der Waals surface area contributed by atoms with E-state index in [2.05, 4.69) is 18.7 Å². The van der Waals surface area contributed by atoms with E-state index in [-0.39, 0.29) is 5.92 Å². The summed E-state index contributed by atoms with van der Waals surface area (Å²) in [5, 5.41) is 0. The van der Waals surface area contributed by atoms with Crippen LogP contribution in [-0.4, -0.2) is 43.5 Å². The van der Waals surface area contributed by atoms with Crippen LogP contribution in [0.15, 0.2) is 0 Å². The van der Waals surface area contributed by atoms with Crippen LogP contribution in [0.3, 0.4) is 0 Å². The molecule has 100 valence electrons. The van der Waals surface area contributed by atoms with Crippen LogP contribution in [-0.2, 0) is 9.53 Å². The van der Waals surface area contributed by atoms with E-state index in [0.29, 0.717) is 11.7 Å². The molecular weight excluding hydrogens is 214 g/mol. The van der Waals surface area contributed by atoms with Crippen LogP contribution >= 0.6 is 0 Å². The van der Waals surface area contributed by atoms with Gasteiger partial charge in [0.25, 0.3) is 0 Å². The molecule has 2 unspecified atom stereocenters.